The highest BCUT2D eigenvalue weighted by atomic mass is 79.9. The second-order valence-corrected chi connectivity index (χ2v) is 10.7. The second kappa shape index (κ2) is 10.9. The second-order valence-electron chi connectivity index (χ2n) is 8.83. The summed E-state index contributed by atoms with van der Waals surface area (Å²) in [7, 11) is 0. The molecule has 5 rings (SSSR count). The first-order chi connectivity index (χ1) is 16.7. The van der Waals surface area contributed by atoms with Gasteiger partial charge in [-0.05, 0) is 42.2 Å². The fourth-order valence-electron chi connectivity index (χ4n) is 4.67. The zero-order valence-corrected chi connectivity index (χ0v) is 21.3. The summed E-state index contributed by atoms with van der Waals surface area (Å²) in [5.41, 5.74) is 1.79. The summed E-state index contributed by atoms with van der Waals surface area (Å²) < 4.78 is 12.3. The lowest BCUT2D eigenvalue weighted by atomic mass is 9.86. The smallest absolute Gasteiger partial charge is 0.277 e. The highest BCUT2D eigenvalue weighted by molar-refractivity contribution is 9.10. The van der Waals surface area contributed by atoms with Crippen LogP contribution in [0.15, 0.2) is 66.3 Å². The first-order valence-corrected chi connectivity index (χ1v) is 13.6. The average molecular weight is 543 g/mol. The molecule has 0 bridgehead atoms. The minimum atomic E-state index is -0.185. The van der Waals surface area contributed by atoms with Crippen molar-refractivity contribution in [3.05, 3.63) is 64.3 Å². The van der Waals surface area contributed by atoms with Gasteiger partial charge in [0.15, 0.2) is 0 Å². The number of hydrogen-bond acceptors (Lipinski definition) is 7. The number of thioether (sulfide) groups is 1. The lowest BCUT2D eigenvalue weighted by Crippen LogP contribution is -2.28. The normalized spacial score (nSPS) is 18.9. The molecule has 1 saturated carbocycles. The zero-order chi connectivity index (χ0) is 23.3. The van der Waals surface area contributed by atoms with Crippen LogP contribution >= 0.6 is 27.7 Å². The maximum atomic E-state index is 13.2. The third-order valence-corrected chi connectivity index (χ3v) is 7.82. The molecule has 1 amide bonds. The van der Waals surface area contributed by atoms with E-state index < -0.39 is 0 Å². The third-order valence-electron chi connectivity index (χ3n) is 6.48. The molecule has 178 valence electrons. The van der Waals surface area contributed by atoms with Crippen LogP contribution in [0.5, 0.6) is 0 Å². The van der Waals surface area contributed by atoms with E-state index in [1.165, 1.54) is 43.9 Å². The van der Waals surface area contributed by atoms with Crippen molar-refractivity contribution in [2.75, 3.05) is 5.75 Å². The first kappa shape index (κ1) is 23.4. The number of nitrogens with zero attached hydrogens (tertiary/aromatic N) is 4. The number of hydrazone groups is 1. The van der Waals surface area contributed by atoms with Crippen LogP contribution in [-0.2, 0) is 11.2 Å². The van der Waals surface area contributed by atoms with Gasteiger partial charge in [-0.1, -0.05) is 71.9 Å². The maximum absolute atomic E-state index is 13.2. The highest BCUT2D eigenvalue weighted by Crippen LogP contribution is 2.34. The molecule has 1 unspecified atom stereocenters. The van der Waals surface area contributed by atoms with Crippen LogP contribution in [0.2, 0.25) is 0 Å². The lowest BCUT2D eigenvalue weighted by Gasteiger charge is -2.21. The van der Waals surface area contributed by atoms with Crippen LogP contribution in [0.25, 0.3) is 0 Å². The van der Waals surface area contributed by atoms with E-state index in [0.717, 1.165) is 34.5 Å². The summed E-state index contributed by atoms with van der Waals surface area (Å²) in [4.78, 5) is 13.2. The van der Waals surface area contributed by atoms with Crippen LogP contribution in [0.1, 0.15) is 68.2 Å². The Labute approximate surface area is 211 Å². The number of rotatable bonds is 8. The minimum absolute atomic E-state index is 0.110. The van der Waals surface area contributed by atoms with Gasteiger partial charge in [0.1, 0.15) is 11.5 Å². The fraction of sp³-hybridized carbons (Fsp3) is 0.440. The number of halogens is 1. The average Bonchev–Trinajstić information content (AvgIpc) is 3.63. The molecule has 7 nitrogen and oxygen atoms in total. The molecule has 1 fully saturated rings. The topological polar surface area (TPSA) is 84.7 Å². The summed E-state index contributed by atoms with van der Waals surface area (Å²) in [6, 6.07) is 11.5. The molecule has 0 radical (unpaired) electrons. The summed E-state index contributed by atoms with van der Waals surface area (Å²) >= 11 is 4.74. The van der Waals surface area contributed by atoms with Gasteiger partial charge in [0.25, 0.3) is 11.1 Å². The number of benzene rings is 1. The Morgan fingerprint density at radius 3 is 2.71 bits per heavy atom. The maximum Gasteiger partial charge on any atom is 0.277 e. The van der Waals surface area contributed by atoms with Gasteiger partial charge in [0, 0.05) is 17.3 Å². The molecule has 0 N–H and O–H groups in total. The van der Waals surface area contributed by atoms with Gasteiger partial charge in [0.2, 0.25) is 5.89 Å². The Morgan fingerprint density at radius 1 is 1.12 bits per heavy atom. The third kappa shape index (κ3) is 5.63. The molecule has 1 aliphatic heterocycles. The number of furan rings is 1. The number of carbonyl (C=O) groups excluding carboxylic acids is 1. The molecule has 2 aromatic heterocycles. The summed E-state index contributed by atoms with van der Waals surface area (Å²) in [6.07, 6.45) is 10.8. The highest BCUT2D eigenvalue weighted by Gasteiger charge is 2.34. The van der Waals surface area contributed by atoms with Crippen molar-refractivity contribution >= 4 is 39.3 Å². The van der Waals surface area contributed by atoms with Crippen molar-refractivity contribution < 1.29 is 13.6 Å². The molecule has 3 heterocycles. The van der Waals surface area contributed by atoms with Gasteiger partial charge >= 0.3 is 0 Å². The summed E-state index contributed by atoms with van der Waals surface area (Å²) in [5.74, 6) is 2.18. The molecule has 1 atom stereocenters. The van der Waals surface area contributed by atoms with E-state index >= 15 is 0 Å². The van der Waals surface area contributed by atoms with E-state index in [-0.39, 0.29) is 17.7 Å². The van der Waals surface area contributed by atoms with Crippen LogP contribution < -0.4 is 0 Å². The van der Waals surface area contributed by atoms with Gasteiger partial charge < -0.3 is 8.83 Å². The number of aryl methyl sites for hydroxylation is 1. The molecule has 9 heteroatoms. The Hall–Kier alpha value is -2.39. The summed E-state index contributed by atoms with van der Waals surface area (Å²) in [5, 5.41) is 14.9. The van der Waals surface area contributed by atoms with Gasteiger partial charge in [-0.15, -0.1) is 10.2 Å². The molecule has 34 heavy (non-hydrogen) atoms. The number of hydrogen-bond donors (Lipinski definition) is 0. The number of aromatic nitrogens is 2. The van der Waals surface area contributed by atoms with Crippen molar-refractivity contribution in [1.82, 2.24) is 15.2 Å². The van der Waals surface area contributed by atoms with E-state index in [0.29, 0.717) is 23.3 Å². The monoisotopic (exact) mass is 542 g/mol. The van der Waals surface area contributed by atoms with Gasteiger partial charge in [0.05, 0.1) is 18.1 Å². The largest absolute Gasteiger partial charge is 0.463 e. The SMILES string of the molecule is O=C(CSc1nnc(CCC2CCCCC2)o1)N1N=C(c2ccco2)CC1c1ccc(Br)cc1. The Bertz CT molecular complexity index is 1120. The van der Waals surface area contributed by atoms with E-state index in [4.69, 9.17) is 8.83 Å². The molecular formula is C25H27BrN4O3S. The van der Waals surface area contributed by atoms with Crippen molar-refractivity contribution in [3.63, 3.8) is 0 Å². The van der Waals surface area contributed by atoms with Crippen molar-refractivity contribution in [2.45, 2.75) is 62.6 Å². The lowest BCUT2D eigenvalue weighted by molar-refractivity contribution is -0.130. The predicted octanol–water partition coefficient (Wildman–Crippen LogP) is 6.41. The number of carbonyl (C=O) groups is 1. The minimum Gasteiger partial charge on any atom is -0.463 e. The van der Waals surface area contributed by atoms with Crippen LogP contribution in [0.4, 0.5) is 0 Å². The molecule has 1 aliphatic carbocycles. The van der Waals surface area contributed by atoms with E-state index in [1.807, 2.05) is 36.4 Å². The standard InChI is InChI=1S/C25H27BrN4O3S/c26-19-11-9-18(10-12-19)21-15-20(22-7-4-14-32-22)29-30(21)24(31)16-34-25-28-27-23(33-25)13-8-17-5-2-1-3-6-17/h4,7,9-12,14,17,21H,1-3,5-6,8,13,15-16H2. The van der Waals surface area contributed by atoms with E-state index in [9.17, 15) is 4.79 Å². The first-order valence-electron chi connectivity index (χ1n) is 11.8. The Morgan fingerprint density at radius 2 is 1.94 bits per heavy atom. The van der Waals surface area contributed by atoms with Crippen molar-refractivity contribution in [3.8, 4) is 0 Å². The molecule has 0 spiro atoms. The number of amides is 1. The van der Waals surface area contributed by atoms with Crippen LogP contribution in [0, 0.1) is 5.92 Å². The fourth-order valence-corrected chi connectivity index (χ4v) is 5.56. The molecular weight excluding hydrogens is 516 g/mol. The van der Waals surface area contributed by atoms with Crippen molar-refractivity contribution in [2.24, 2.45) is 11.0 Å². The van der Waals surface area contributed by atoms with Crippen LogP contribution in [-0.4, -0.2) is 32.6 Å². The predicted molar refractivity (Wildman–Crippen MR) is 134 cm³/mol. The van der Waals surface area contributed by atoms with E-state index in [2.05, 4.69) is 31.2 Å². The van der Waals surface area contributed by atoms with Crippen molar-refractivity contribution in [1.29, 1.82) is 0 Å². The Balaban J connectivity index is 1.22. The summed E-state index contributed by atoms with van der Waals surface area (Å²) in [6.45, 7) is 0. The molecule has 0 saturated heterocycles. The van der Waals surface area contributed by atoms with E-state index in [1.54, 1.807) is 11.3 Å². The van der Waals surface area contributed by atoms with Gasteiger partial charge in [-0.2, -0.15) is 5.10 Å². The zero-order valence-electron chi connectivity index (χ0n) is 18.9. The van der Waals surface area contributed by atoms with Gasteiger partial charge in [-0.3, -0.25) is 4.79 Å². The molecule has 3 aromatic rings. The molecule has 1 aromatic carbocycles. The van der Waals surface area contributed by atoms with Crippen LogP contribution in [0.3, 0.4) is 0 Å². The Kier molecular flexibility index (Phi) is 7.49. The van der Waals surface area contributed by atoms with Gasteiger partial charge in [-0.25, -0.2) is 5.01 Å². The quantitative estimate of drug-likeness (QED) is 0.306. The molecule has 2 aliphatic rings.